The molecule has 1 aromatic carbocycles. The Balaban J connectivity index is 1.62. The number of hydrogen-bond donors (Lipinski definition) is 1. The van der Waals surface area contributed by atoms with E-state index in [-0.39, 0.29) is 30.6 Å². The first-order chi connectivity index (χ1) is 12.1. The van der Waals surface area contributed by atoms with Crippen LogP contribution in [0.4, 0.5) is 0 Å². The third kappa shape index (κ3) is 4.37. The van der Waals surface area contributed by atoms with Crippen LogP contribution in [0.25, 0.3) is 0 Å². The molecular formula is C18H24ClNO5. The normalized spacial score (nSPS) is 23.3. The molecule has 0 bridgehead atoms. The molecule has 0 saturated heterocycles. The molecule has 7 heteroatoms. The summed E-state index contributed by atoms with van der Waals surface area (Å²) in [5, 5.41) is 3.53. The van der Waals surface area contributed by atoms with E-state index in [0.717, 1.165) is 24.8 Å². The van der Waals surface area contributed by atoms with Gasteiger partial charge < -0.3 is 24.3 Å². The predicted molar refractivity (Wildman–Crippen MR) is 93.5 cm³/mol. The van der Waals surface area contributed by atoms with E-state index in [1.165, 1.54) is 0 Å². The molecule has 1 aliphatic carbocycles. The summed E-state index contributed by atoms with van der Waals surface area (Å²) in [6.07, 6.45) is 2.59. The van der Waals surface area contributed by atoms with E-state index < -0.39 is 0 Å². The maximum absolute atomic E-state index is 12.4. The van der Waals surface area contributed by atoms with E-state index >= 15 is 0 Å². The van der Waals surface area contributed by atoms with Crippen LogP contribution in [0.5, 0.6) is 11.5 Å². The highest BCUT2D eigenvalue weighted by molar-refractivity contribution is 6.32. The third-order valence-corrected chi connectivity index (χ3v) is 4.93. The Bertz CT molecular complexity index is 612. The number of benzene rings is 1. The average Bonchev–Trinajstić information content (AvgIpc) is 2.81. The number of ether oxygens (including phenoxy) is 4. The number of nitrogens with one attached hydrogen (secondary N) is 1. The van der Waals surface area contributed by atoms with Crippen molar-refractivity contribution in [3.05, 3.63) is 22.7 Å². The van der Waals surface area contributed by atoms with Crippen molar-refractivity contribution < 1.29 is 23.7 Å². The van der Waals surface area contributed by atoms with Crippen molar-refractivity contribution >= 4 is 17.5 Å². The van der Waals surface area contributed by atoms with Gasteiger partial charge in [-0.05, 0) is 30.5 Å². The summed E-state index contributed by atoms with van der Waals surface area (Å²) >= 11 is 6.28. The van der Waals surface area contributed by atoms with Gasteiger partial charge in [0.25, 0.3) is 0 Å². The van der Waals surface area contributed by atoms with E-state index in [2.05, 4.69) is 5.32 Å². The Morgan fingerprint density at radius 3 is 2.56 bits per heavy atom. The Kier molecular flexibility index (Phi) is 6.04. The second-order valence-corrected chi connectivity index (χ2v) is 6.82. The van der Waals surface area contributed by atoms with E-state index in [4.69, 9.17) is 30.5 Å². The highest BCUT2D eigenvalue weighted by Crippen LogP contribution is 2.38. The van der Waals surface area contributed by atoms with Crippen LogP contribution in [-0.4, -0.2) is 51.6 Å². The maximum Gasteiger partial charge on any atom is 0.224 e. The average molecular weight is 370 g/mol. The van der Waals surface area contributed by atoms with Gasteiger partial charge in [-0.3, -0.25) is 4.79 Å². The fourth-order valence-electron chi connectivity index (χ4n) is 3.42. The lowest BCUT2D eigenvalue weighted by Gasteiger charge is -2.14. The van der Waals surface area contributed by atoms with Crippen LogP contribution in [0.2, 0.25) is 5.02 Å². The highest BCUT2D eigenvalue weighted by Gasteiger charge is 2.35. The molecule has 0 radical (unpaired) electrons. The number of fused-ring (bicyclic) bond motifs is 1. The summed E-state index contributed by atoms with van der Waals surface area (Å²) in [5.41, 5.74) is 0.802. The van der Waals surface area contributed by atoms with Crippen molar-refractivity contribution in [1.82, 2.24) is 5.32 Å². The van der Waals surface area contributed by atoms with Crippen molar-refractivity contribution in [2.45, 2.75) is 43.9 Å². The molecule has 0 unspecified atom stereocenters. The Hall–Kier alpha value is -1.50. The lowest BCUT2D eigenvalue weighted by molar-refractivity contribution is -0.121. The first kappa shape index (κ1) is 18.3. The van der Waals surface area contributed by atoms with Gasteiger partial charge in [-0.2, -0.15) is 0 Å². The summed E-state index contributed by atoms with van der Waals surface area (Å²) in [5.74, 6) is 1.11. The molecule has 1 aliphatic heterocycles. The summed E-state index contributed by atoms with van der Waals surface area (Å²) < 4.78 is 22.1. The van der Waals surface area contributed by atoms with Gasteiger partial charge in [0.05, 0.1) is 36.9 Å². The SMILES string of the molecule is CO[C@@H]1CC(NC(=O)Cc2cc(Cl)c3c(c2)OCCCO3)C[C@H]1OC. The monoisotopic (exact) mass is 369 g/mol. The van der Waals surface area contributed by atoms with Crippen LogP contribution in [0.1, 0.15) is 24.8 Å². The van der Waals surface area contributed by atoms with Crippen LogP contribution < -0.4 is 14.8 Å². The second-order valence-electron chi connectivity index (χ2n) is 6.42. The fourth-order valence-corrected chi connectivity index (χ4v) is 3.71. The van der Waals surface area contributed by atoms with Gasteiger partial charge in [0, 0.05) is 26.7 Å². The van der Waals surface area contributed by atoms with Crippen molar-refractivity contribution in [2.75, 3.05) is 27.4 Å². The van der Waals surface area contributed by atoms with Crippen LogP contribution in [0.3, 0.4) is 0 Å². The minimum Gasteiger partial charge on any atom is -0.489 e. The molecule has 1 amide bonds. The molecule has 3 rings (SSSR count). The van der Waals surface area contributed by atoms with Crippen molar-refractivity contribution in [1.29, 1.82) is 0 Å². The van der Waals surface area contributed by atoms with Gasteiger partial charge >= 0.3 is 0 Å². The van der Waals surface area contributed by atoms with E-state index in [1.54, 1.807) is 20.3 Å². The Labute approximate surface area is 152 Å². The number of methoxy groups -OCH3 is 2. The van der Waals surface area contributed by atoms with Crippen LogP contribution in [0.15, 0.2) is 12.1 Å². The molecule has 1 heterocycles. The molecule has 0 aromatic heterocycles. The molecule has 1 saturated carbocycles. The number of carbonyl (C=O) groups is 1. The standard InChI is InChI=1S/C18H24ClNO5/c1-22-14-9-12(10-15(14)23-2)20-17(21)8-11-6-13(19)18-16(7-11)24-4-3-5-25-18/h6-7,12,14-15H,3-5,8-10H2,1-2H3,(H,20,21)/t14-,15-/m1/s1. The molecule has 2 atom stereocenters. The molecule has 2 aliphatic rings. The van der Waals surface area contributed by atoms with Gasteiger partial charge in [0.15, 0.2) is 11.5 Å². The molecule has 1 fully saturated rings. The van der Waals surface area contributed by atoms with Gasteiger partial charge in [-0.1, -0.05) is 11.6 Å². The first-order valence-corrected chi connectivity index (χ1v) is 8.91. The number of rotatable bonds is 5. The van der Waals surface area contributed by atoms with Gasteiger partial charge in [-0.15, -0.1) is 0 Å². The summed E-state index contributed by atoms with van der Waals surface area (Å²) in [7, 11) is 3.33. The fraction of sp³-hybridized carbons (Fsp3) is 0.611. The van der Waals surface area contributed by atoms with Crippen LogP contribution >= 0.6 is 11.6 Å². The zero-order chi connectivity index (χ0) is 17.8. The van der Waals surface area contributed by atoms with Crippen molar-refractivity contribution in [3.63, 3.8) is 0 Å². The number of halogens is 1. The second kappa shape index (κ2) is 8.25. The molecule has 1 N–H and O–H groups in total. The molecule has 6 nitrogen and oxygen atoms in total. The predicted octanol–water partition coefficient (Wildman–Crippen LogP) is 2.35. The smallest absolute Gasteiger partial charge is 0.224 e. The molecule has 25 heavy (non-hydrogen) atoms. The van der Waals surface area contributed by atoms with Crippen molar-refractivity contribution in [2.24, 2.45) is 0 Å². The summed E-state index contributed by atoms with van der Waals surface area (Å²) in [6.45, 7) is 1.16. The number of carbonyl (C=O) groups excluding carboxylic acids is 1. The van der Waals surface area contributed by atoms with Gasteiger partial charge in [0.2, 0.25) is 5.91 Å². The Morgan fingerprint density at radius 2 is 1.88 bits per heavy atom. The minimum atomic E-state index is -0.0536. The topological polar surface area (TPSA) is 66.0 Å². The van der Waals surface area contributed by atoms with E-state index in [9.17, 15) is 4.79 Å². The largest absolute Gasteiger partial charge is 0.489 e. The molecule has 138 valence electrons. The number of hydrogen-bond acceptors (Lipinski definition) is 5. The van der Waals surface area contributed by atoms with Crippen LogP contribution in [0, 0.1) is 0 Å². The lowest BCUT2D eigenvalue weighted by atomic mass is 10.1. The highest BCUT2D eigenvalue weighted by atomic mass is 35.5. The zero-order valence-corrected chi connectivity index (χ0v) is 15.3. The summed E-state index contributed by atoms with van der Waals surface area (Å²) in [6, 6.07) is 3.65. The maximum atomic E-state index is 12.4. The quantitative estimate of drug-likeness (QED) is 0.863. The van der Waals surface area contributed by atoms with Crippen molar-refractivity contribution in [3.8, 4) is 11.5 Å². The van der Waals surface area contributed by atoms with Gasteiger partial charge in [-0.25, -0.2) is 0 Å². The third-order valence-electron chi connectivity index (χ3n) is 4.65. The van der Waals surface area contributed by atoms with E-state index in [1.807, 2.05) is 6.07 Å². The van der Waals surface area contributed by atoms with E-state index in [0.29, 0.717) is 29.7 Å². The van der Waals surface area contributed by atoms with Crippen LogP contribution in [-0.2, 0) is 20.7 Å². The molecule has 1 aromatic rings. The lowest BCUT2D eigenvalue weighted by Crippen LogP contribution is -2.34. The minimum absolute atomic E-state index is 0.0165. The summed E-state index contributed by atoms with van der Waals surface area (Å²) in [4.78, 5) is 12.4. The Morgan fingerprint density at radius 1 is 1.20 bits per heavy atom. The first-order valence-electron chi connectivity index (χ1n) is 8.53. The van der Waals surface area contributed by atoms with Gasteiger partial charge in [0.1, 0.15) is 0 Å². The molecule has 0 spiro atoms. The zero-order valence-electron chi connectivity index (χ0n) is 14.5. The molecular weight excluding hydrogens is 346 g/mol. The number of amides is 1.